The highest BCUT2D eigenvalue weighted by Crippen LogP contribution is 2.35. The summed E-state index contributed by atoms with van der Waals surface area (Å²) in [5, 5.41) is 3.31. The summed E-state index contributed by atoms with van der Waals surface area (Å²) in [6.07, 6.45) is 4.01. The maximum absolute atomic E-state index is 12.1. The van der Waals surface area contributed by atoms with E-state index in [0.29, 0.717) is 24.5 Å². The predicted molar refractivity (Wildman–Crippen MR) is 66.5 cm³/mol. The standard InChI is InChI=1S/C14H21NO2/c1-9-5-4-6-10(15-9)13-11(16)7-14(2,3)8-12(13)17/h9,15H,4-8H2,1-3H3. The maximum atomic E-state index is 12.1. The number of allylic oxidation sites excluding steroid dienone is 2. The van der Waals surface area contributed by atoms with E-state index >= 15 is 0 Å². The van der Waals surface area contributed by atoms with E-state index in [1.807, 2.05) is 13.8 Å². The highest BCUT2D eigenvalue weighted by molar-refractivity contribution is 6.22. The minimum atomic E-state index is -0.168. The quantitative estimate of drug-likeness (QED) is 0.518. The average Bonchev–Trinajstić information content (AvgIpc) is 2.13. The van der Waals surface area contributed by atoms with Crippen molar-refractivity contribution in [2.24, 2.45) is 5.41 Å². The average molecular weight is 235 g/mol. The molecule has 0 radical (unpaired) electrons. The van der Waals surface area contributed by atoms with Crippen molar-refractivity contribution >= 4 is 11.6 Å². The lowest BCUT2D eigenvalue weighted by molar-refractivity contribution is -0.127. The normalized spacial score (nSPS) is 29.2. The van der Waals surface area contributed by atoms with Gasteiger partial charge in [-0.1, -0.05) is 13.8 Å². The van der Waals surface area contributed by atoms with Gasteiger partial charge in [0.05, 0.1) is 5.57 Å². The molecule has 0 spiro atoms. The molecule has 2 aliphatic rings. The zero-order valence-corrected chi connectivity index (χ0v) is 10.9. The maximum Gasteiger partial charge on any atom is 0.168 e. The van der Waals surface area contributed by atoms with Crippen LogP contribution in [0, 0.1) is 5.41 Å². The summed E-state index contributed by atoms with van der Waals surface area (Å²) in [7, 11) is 0. The zero-order chi connectivity index (χ0) is 12.6. The Morgan fingerprint density at radius 3 is 2.29 bits per heavy atom. The van der Waals surface area contributed by atoms with Gasteiger partial charge in [0.15, 0.2) is 11.6 Å². The van der Waals surface area contributed by atoms with E-state index in [9.17, 15) is 9.59 Å². The second-order valence-electron chi connectivity index (χ2n) is 6.16. The Balaban J connectivity index is 2.29. The number of carbonyl (C=O) groups excluding carboxylic acids is 2. The van der Waals surface area contributed by atoms with Gasteiger partial charge in [0.2, 0.25) is 0 Å². The summed E-state index contributed by atoms with van der Waals surface area (Å²) in [5.74, 6) is 0.0608. The number of hydrogen-bond donors (Lipinski definition) is 1. The third-order valence-corrected chi connectivity index (χ3v) is 3.62. The van der Waals surface area contributed by atoms with Gasteiger partial charge in [-0.05, 0) is 31.6 Å². The van der Waals surface area contributed by atoms with E-state index in [1.165, 1.54) is 0 Å². The molecule has 1 atom stereocenters. The molecular formula is C14H21NO2. The summed E-state index contributed by atoms with van der Waals surface area (Å²) >= 11 is 0. The lowest BCUT2D eigenvalue weighted by atomic mass is 9.73. The molecule has 1 saturated heterocycles. The topological polar surface area (TPSA) is 46.2 Å². The van der Waals surface area contributed by atoms with Crippen LogP contribution in [0.2, 0.25) is 0 Å². The molecule has 17 heavy (non-hydrogen) atoms. The van der Waals surface area contributed by atoms with Crippen LogP contribution >= 0.6 is 0 Å². The van der Waals surface area contributed by atoms with Crippen LogP contribution in [-0.2, 0) is 9.59 Å². The molecule has 1 saturated carbocycles. The molecule has 94 valence electrons. The van der Waals surface area contributed by atoms with Crippen LogP contribution in [0.5, 0.6) is 0 Å². The molecule has 3 nitrogen and oxygen atoms in total. The Morgan fingerprint density at radius 2 is 1.76 bits per heavy atom. The first-order valence-corrected chi connectivity index (χ1v) is 6.45. The van der Waals surface area contributed by atoms with Gasteiger partial charge < -0.3 is 5.32 Å². The van der Waals surface area contributed by atoms with Crippen LogP contribution in [0.4, 0.5) is 0 Å². The van der Waals surface area contributed by atoms with E-state index in [1.54, 1.807) is 0 Å². The largest absolute Gasteiger partial charge is 0.385 e. The molecule has 0 bridgehead atoms. The molecule has 3 heteroatoms. The van der Waals surface area contributed by atoms with Gasteiger partial charge in [-0.2, -0.15) is 0 Å². The molecule has 1 aliphatic heterocycles. The van der Waals surface area contributed by atoms with Crippen molar-refractivity contribution in [1.82, 2.24) is 5.32 Å². The fourth-order valence-electron chi connectivity index (χ4n) is 2.82. The number of rotatable bonds is 0. The molecule has 0 aromatic carbocycles. The lowest BCUT2D eigenvalue weighted by Crippen LogP contribution is -2.37. The fourth-order valence-corrected chi connectivity index (χ4v) is 2.82. The van der Waals surface area contributed by atoms with E-state index in [-0.39, 0.29) is 17.0 Å². The number of carbonyl (C=O) groups is 2. The second-order valence-corrected chi connectivity index (χ2v) is 6.16. The Labute approximate surface area is 103 Å². The Bertz CT molecular complexity index is 371. The molecule has 2 fully saturated rings. The summed E-state index contributed by atoms with van der Waals surface area (Å²) in [6, 6.07) is 0.377. The molecule has 1 heterocycles. The van der Waals surface area contributed by atoms with Gasteiger partial charge in [0.1, 0.15) is 0 Å². The van der Waals surface area contributed by atoms with E-state index in [4.69, 9.17) is 0 Å². The fraction of sp³-hybridized carbons (Fsp3) is 0.714. The number of Topliss-reactive ketones (excluding diaryl/α,β-unsaturated/α-hetero) is 2. The number of ketones is 2. The van der Waals surface area contributed by atoms with Crippen molar-refractivity contribution in [1.29, 1.82) is 0 Å². The zero-order valence-electron chi connectivity index (χ0n) is 10.9. The van der Waals surface area contributed by atoms with Crippen LogP contribution in [0.1, 0.15) is 52.9 Å². The third-order valence-electron chi connectivity index (χ3n) is 3.62. The Hall–Kier alpha value is -1.12. The van der Waals surface area contributed by atoms with Crippen molar-refractivity contribution in [3.8, 4) is 0 Å². The van der Waals surface area contributed by atoms with E-state index in [0.717, 1.165) is 25.0 Å². The van der Waals surface area contributed by atoms with Crippen LogP contribution in [0.3, 0.4) is 0 Å². The molecule has 1 N–H and O–H groups in total. The molecule has 1 unspecified atom stereocenters. The predicted octanol–water partition coefficient (Wildman–Crippen LogP) is 2.36. The number of hydrogen-bond acceptors (Lipinski definition) is 3. The van der Waals surface area contributed by atoms with Gasteiger partial charge in [-0.3, -0.25) is 9.59 Å². The van der Waals surface area contributed by atoms with E-state index < -0.39 is 0 Å². The molecule has 2 rings (SSSR count). The van der Waals surface area contributed by atoms with Crippen molar-refractivity contribution in [3.05, 3.63) is 11.3 Å². The van der Waals surface area contributed by atoms with Crippen LogP contribution in [0.25, 0.3) is 0 Å². The molecule has 0 amide bonds. The van der Waals surface area contributed by atoms with E-state index in [2.05, 4.69) is 12.2 Å². The second kappa shape index (κ2) is 4.28. The summed E-state index contributed by atoms with van der Waals surface area (Å²) in [6.45, 7) is 6.07. The molecular weight excluding hydrogens is 214 g/mol. The molecule has 0 aromatic rings. The number of piperidine rings is 1. The first-order chi connectivity index (χ1) is 7.89. The highest BCUT2D eigenvalue weighted by atomic mass is 16.2. The first-order valence-electron chi connectivity index (χ1n) is 6.45. The lowest BCUT2D eigenvalue weighted by Gasteiger charge is -2.32. The van der Waals surface area contributed by atoms with Gasteiger partial charge in [0.25, 0.3) is 0 Å². The van der Waals surface area contributed by atoms with Gasteiger partial charge in [0, 0.05) is 24.6 Å². The summed E-state index contributed by atoms with van der Waals surface area (Å²) in [5.41, 5.74) is 1.20. The van der Waals surface area contributed by atoms with Crippen LogP contribution < -0.4 is 5.32 Å². The van der Waals surface area contributed by atoms with Gasteiger partial charge >= 0.3 is 0 Å². The van der Waals surface area contributed by atoms with Gasteiger partial charge in [-0.25, -0.2) is 0 Å². The van der Waals surface area contributed by atoms with Crippen molar-refractivity contribution in [3.63, 3.8) is 0 Å². The molecule has 1 aliphatic carbocycles. The van der Waals surface area contributed by atoms with Crippen LogP contribution in [-0.4, -0.2) is 17.6 Å². The molecule has 0 aromatic heterocycles. The number of nitrogens with one attached hydrogen (secondary N) is 1. The Kier molecular flexibility index (Phi) is 3.11. The first kappa shape index (κ1) is 12.3. The summed E-state index contributed by atoms with van der Waals surface area (Å²) < 4.78 is 0. The highest BCUT2D eigenvalue weighted by Gasteiger charge is 2.37. The minimum absolute atomic E-state index is 0.0304. The van der Waals surface area contributed by atoms with Crippen LogP contribution in [0.15, 0.2) is 11.3 Å². The van der Waals surface area contributed by atoms with Crippen molar-refractivity contribution in [2.75, 3.05) is 0 Å². The van der Waals surface area contributed by atoms with Crippen molar-refractivity contribution in [2.45, 2.75) is 58.9 Å². The minimum Gasteiger partial charge on any atom is -0.385 e. The Morgan fingerprint density at radius 1 is 1.18 bits per heavy atom. The SMILES string of the molecule is CC1CCCC(=C2C(=O)CC(C)(C)CC2=O)N1. The monoisotopic (exact) mass is 235 g/mol. The van der Waals surface area contributed by atoms with Gasteiger partial charge in [-0.15, -0.1) is 0 Å². The summed E-state index contributed by atoms with van der Waals surface area (Å²) in [4.78, 5) is 24.2. The van der Waals surface area contributed by atoms with Crippen molar-refractivity contribution < 1.29 is 9.59 Å². The smallest absolute Gasteiger partial charge is 0.168 e. The third kappa shape index (κ3) is 2.59.